The van der Waals surface area contributed by atoms with E-state index in [-0.39, 0.29) is 10.8 Å². The van der Waals surface area contributed by atoms with Gasteiger partial charge in [-0.25, -0.2) is 14.3 Å². The number of carbonyl (C=O) groups excluding carboxylic acids is 2. The van der Waals surface area contributed by atoms with E-state index in [4.69, 9.17) is 19.9 Å². The molecule has 2 fully saturated rings. The molecule has 2 aliphatic heterocycles. The first-order chi connectivity index (χ1) is 23.1. The Morgan fingerprint density at radius 3 is 2.45 bits per heavy atom. The third-order valence-electron chi connectivity index (χ3n) is 7.78. The summed E-state index contributed by atoms with van der Waals surface area (Å²) in [6, 6.07) is 9.84. The number of aliphatic carboxylic acids is 1. The SMILES string of the molecule is C[n+]1cc(-c2ccc(OCC(O/N=C(\C(=O)NC3C(=O)N(OS(=O)(=O)O)C3(C)C)c3csc(N)n3)C(=O)O)cc2)ccc1N1CCNCC1. The summed E-state index contributed by atoms with van der Waals surface area (Å²) in [6.45, 7) is 5.96. The summed E-state index contributed by atoms with van der Waals surface area (Å²) in [6.07, 6.45) is 0.365. The first-order valence-corrected chi connectivity index (χ1v) is 17.1. The molecule has 18 nitrogen and oxygen atoms in total. The molecular weight excluding hydrogens is 684 g/mol. The van der Waals surface area contributed by atoms with Crippen LogP contribution in [0, 0.1) is 0 Å². The fraction of sp³-hybridized carbons (Fsp3) is 0.379. The van der Waals surface area contributed by atoms with E-state index in [1.807, 2.05) is 31.4 Å². The van der Waals surface area contributed by atoms with E-state index in [1.165, 1.54) is 19.2 Å². The van der Waals surface area contributed by atoms with Crippen LogP contribution in [0.2, 0.25) is 0 Å². The zero-order chi connectivity index (χ0) is 35.5. The van der Waals surface area contributed by atoms with E-state index in [2.05, 4.69) is 40.6 Å². The molecule has 2 atom stereocenters. The van der Waals surface area contributed by atoms with Gasteiger partial charge < -0.3 is 31.0 Å². The van der Waals surface area contributed by atoms with Gasteiger partial charge in [-0.05, 0) is 37.6 Å². The van der Waals surface area contributed by atoms with E-state index in [9.17, 15) is 27.9 Å². The second-order valence-corrected chi connectivity index (χ2v) is 13.5. The van der Waals surface area contributed by atoms with Crippen molar-refractivity contribution in [3.8, 4) is 16.9 Å². The number of carboxylic acids is 1. The van der Waals surface area contributed by atoms with Crippen LogP contribution >= 0.6 is 11.3 Å². The minimum absolute atomic E-state index is 0.0640. The zero-order valence-electron chi connectivity index (χ0n) is 26.6. The molecule has 3 aromatic rings. The number of amides is 2. The Hall–Kier alpha value is -4.89. The number of ether oxygens (including phenoxy) is 1. The molecule has 2 amide bonds. The largest absolute Gasteiger partial charge is 0.489 e. The summed E-state index contributed by atoms with van der Waals surface area (Å²) >= 11 is 0.965. The molecule has 49 heavy (non-hydrogen) atoms. The van der Waals surface area contributed by atoms with Crippen molar-refractivity contribution in [3.05, 3.63) is 53.7 Å². The third kappa shape index (κ3) is 8.23. The van der Waals surface area contributed by atoms with Gasteiger partial charge in [-0.3, -0.25) is 19.0 Å². The average molecular weight is 720 g/mol. The lowest BCUT2D eigenvalue weighted by Gasteiger charge is -2.50. The summed E-state index contributed by atoms with van der Waals surface area (Å²) < 4.78 is 43.2. The number of thiazole rings is 1. The highest BCUT2D eigenvalue weighted by molar-refractivity contribution is 7.80. The summed E-state index contributed by atoms with van der Waals surface area (Å²) in [5.74, 6) is -1.97. The van der Waals surface area contributed by atoms with Crippen molar-refractivity contribution in [2.45, 2.75) is 31.5 Å². The quantitative estimate of drug-likeness (QED) is 0.0502. The predicted octanol–water partition coefficient (Wildman–Crippen LogP) is -0.281. The van der Waals surface area contributed by atoms with Crippen LogP contribution in [0.4, 0.5) is 10.9 Å². The number of anilines is 2. The molecule has 2 unspecified atom stereocenters. The number of benzene rings is 1. The van der Waals surface area contributed by atoms with Crippen LogP contribution in [0.15, 0.2) is 53.1 Å². The highest BCUT2D eigenvalue weighted by Crippen LogP contribution is 2.33. The van der Waals surface area contributed by atoms with E-state index in [1.54, 1.807) is 12.1 Å². The number of carbonyl (C=O) groups is 3. The number of piperazine rings is 1. The molecular formula is C29H35N8O10S2+. The predicted molar refractivity (Wildman–Crippen MR) is 175 cm³/mol. The number of oxime groups is 1. The molecule has 2 aliphatic rings. The monoisotopic (exact) mass is 719 g/mol. The van der Waals surface area contributed by atoms with Gasteiger partial charge >= 0.3 is 16.4 Å². The molecule has 2 saturated heterocycles. The summed E-state index contributed by atoms with van der Waals surface area (Å²) in [5, 5.41) is 21.1. The number of pyridine rings is 1. The molecule has 0 spiro atoms. The van der Waals surface area contributed by atoms with Crippen molar-refractivity contribution in [2.75, 3.05) is 43.4 Å². The first-order valence-electron chi connectivity index (χ1n) is 14.8. The van der Waals surface area contributed by atoms with Crippen molar-refractivity contribution >= 4 is 56.2 Å². The number of carboxylic acid groups (broad SMARTS) is 1. The standard InChI is InChI=1S/C29H34N8O10S2/c1-29(2)24(26(39)37(29)47-49(42,43)44)33-25(38)23(20-16-48-28(30)32-20)34-46-21(27(40)41)15-45-19-7-4-17(5-8-19)18-6-9-22(35(3)14-18)36-12-10-31-11-13-36/h4-9,14,16,21,24,31H,10-13,15H2,1-3H3,(H4-,30,32,33,38,40,41,42,43,44)/p+1/b34-23-. The maximum absolute atomic E-state index is 13.2. The fourth-order valence-corrected chi connectivity index (χ4v) is 6.19. The number of hydroxylamine groups is 2. The van der Waals surface area contributed by atoms with Gasteiger partial charge in [-0.15, -0.1) is 15.6 Å². The molecule has 4 heterocycles. The topological polar surface area (TPSA) is 239 Å². The molecule has 0 aliphatic carbocycles. The minimum atomic E-state index is -5.02. The summed E-state index contributed by atoms with van der Waals surface area (Å²) in [4.78, 5) is 49.3. The number of aryl methyl sites for hydroxylation is 1. The Labute approximate surface area is 285 Å². The molecule has 1 aromatic carbocycles. The lowest BCUT2D eigenvalue weighted by Crippen LogP contribution is -2.76. The number of aromatic nitrogens is 2. The lowest BCUT2D eigenvalue weighted by atomic mass is 9.84. The van der Waals surface area contributed by atoms with Crippen molar-refractivity contribution in [1.82, 2.24) is 20.7 Å². The van der Waals surface area contributed by atoms with Gasteiger partial charge in [-0.2, -0.15) is 13.5 Å². The van der Waals surface area contributed by atoms with Gasteiger partial charge in [0.25, 0.3) is 23.7 Å². The van der Waals surface area contributed by atoms with Crippen LogP contribution in [0.1, 0.15) is 19.5 Å². The Morgan fingerprint density at radius 2 is 1.88 bits per heavy atom. The van der Waals surface area contributed by atoms with E-state index >= 15 is 0 Å². The van der Waals surface area contributed by atoms with E-state index in [0.29, 0.717) is 10.8 Å². The van der Waals surface area contributed by atoms with Gasteiger partial charge in [0.1, 0.15) is 24.1 Å². The smallest absolute Gasteiger partial charge is 0.418 e. The number of nitrogens with zero attached hydrogens (tertiary/aromatic N) is 5. The highest BCUT2D eigenvalue weighted by Gasteiger charge is 2.58. The van der Waals surface area contributed by atoms with Crippen LogP contribution in [0.5, 0.6) is 5.75 Å². The Morgan fingerprint density at radius 1 is 1.20 bits per heavy atom. The number of rotatable bonds is 13. The molecule has 0 saturated carbocycles. The molecule has 5 rings (SSSR count). The molecule has 20 heteroatoms. The van der Waals surface area contributed by atoms with Gasteiger partial charge in [0, 0.05) is 30.1 Å². The van der Waals surface area contributed by atoms with Gasteiger partial charge in [-0.1, -0.05) is 17.3 Å². The molecule has 262 valence electrons. The van der Waals surface area contributed by atoms with Crippen LogP contribution in [0.3, 0.4) is 0 Å². The van der Waals surface area contributed by atoms with Gasteiger partial charge in [0.15, 0.2) is 10.8 Å². The van der Waals surface area contributed by atoms with Crippen LogP contribution in [-0.4, -0.2) is 102 Å². The summed E-state index contributed by atoms with van der Waals surface area (Å²) in [5.41, 5.74) is 5.59. The van der Waals surface area contributed by atoms with E-state index < -0.39 is 58.2 Å². The number of nitrogens with two attached hydrogens (primary N) is 1. The zero-order valence-corrected chi connectivity index (χ0v) is 28.2. The first kappa shape index (κ1) is 35.4. The Bertz CT molecular complexity index is 1860. The van der Waals surface area contributed by atoms with Crippen LogP contribution in [-0.2, 0) is 41.0 Å². The minimum Gasteiger partial charge on any atom is -0.489 e. The number of hydrogen-bond acceptors (Lipinski definition) is 14. The van der Waals surface area contributed by atoms with Crippen molar-refractivity contribution in [1.29, 1.82) is 0 Å². The Kier molecular flexibility index (Phi) is 10.3. The normalized spacial score (nSPS) is 18.4. The van der Waals surface area contributed by atoms with Crippen molar-refractivity contribution < 1.29 is 50.9 Å². The average Bonchev–Trinajstić information content (AvgIpc) is 3.49. The number of nitrogens with one attached hydrogen (secondary N) is 2. The second kappa shape index (κ2) is 14.3. The second-order valence-electron chi connectivity index (χ2n) is 11.6. The highest BCUT2D eigenvalue weighted by atomic mass is 32.3. The Balaban J connectivity index is 1.24. The molecule has 6 N–H and O–H groups in total. The van der Waals surface area contributed by atoms with Gasteiger partial charge in [0.2, 0.25) is 0 Å². The van der Waals surface area contributed by atoms with Crippen LogP contribution < -0.4 is 30.6 Å². The number of nitrogen functional groups attached to an aromatic ring is 1. The molecule has 2 aromatic heterocycles. The number of β-lactam (4-membered cyclic amide) rings is 1. The van der Waals surface area contributed by atoms with Gasteiger partial charge in [0.05, 0.1) is 31.9 Å². The van der Waals surface area contributed by atoms with E-state index in [0.717, 1.165) is 54.5 Å². The maximum Gasteiger partial charge on any atom is 0.418 e. The molecule has 0 radical (unpaired) electrons. The fourth-order valence-electron chi connectivity index (χ4n) is 5.19. The van der Waals surface area contributed by atoms with Crippen molar-refractivity contribution in [3.63, 3.8) is 0 Å². The molecule has 0 bridgehead atoms. The lowest BCUT2D eigenvalue weighted by molar-refractivity contribution is -0.658. The third-order valence-corrected chi connectivity index (χ3v) is 8.79. The maximum atomic E-state index is 13.2. The summed E-state index contributed by atoms with van der Waals surface area (Å²) in [7, 11) is -3.02. The van der Waals surface area contributed by atoms with Crippen molar-refractivity contribution in [2.24, 2.45) is 12.2 Å². The number of hydrogen-bond donors (Lipinski definition) is 5. The van der Waals surface area contributed by atoms with Crippen LogP contribution in [0.25, 0.3) is 11.1 Å².